The number of carbonyl (C=O) groups excluding carboxylic acids is 1. The predicted molar refractivity (Wildman–Crippen MR) is 78.7 cm³/mol. The van der Waals surface area contributed by atoms with Gasteiger partial charge in [-0.3, -0.25) is 9.48 Å². The van der Waals surface area contributed by atoms with Crippen LogP contribution in [0.1, 0.15) is 20.3 Å². The molecule has 0 spiro atoms. The Morgan fingerprint density at radius 3 is 2.80 bits per heavy atom. The van der Waals surface area contributed by atoms with Crippen LogP contribution in [0, 0.1) is 0 Å². The molecule has 0 aliphatic heterocycles. The van der Waals surface area contributed by atoms with Crippen molar-refractivity contribution in [2.75, 3.05) is 11.9 Å². The Balaban J connectivity index is 2.42. The first-order valence-corrected chi connectivity index (χ1v) is 6.64. The fourth-order valence-corrected chi connectivity index (χ4v) is 1.99. The summed E-state index contributed by atoms with van der Waals surface area (Å²) in [5.74, 6) is 0.702. The highest BCUT2D eigenvalue weighted by molar-refractivity contribution is 5.90. The van der Waals surface area contributed by atoms with Gasteiger partial charge in [0.25, 0.3) is 0 Å². The Morgan fingerprint density at radius 2 is 2.20 bits per heavy atom. The number of nitrogens with zero attached hydrogens (tertiary/aromatic N) is 2. The fourth-order valence-electron chi connectivity index (χ4n) is 1.99. The Morgan fingerprint density at radius 1 is 1.40 bits per heavy atom. The van der Waals surface area contributed by atoms with Crippen LogP contribution >= 0.6 is 0 Å². The largest absolute Gasteiger partial charge is 0.493 e. The van der Waals surface area contributed by atoms with Crippen molar-refractivity contribution in [1.29, 1.82) is 0 Å². The normalized spacial score (nSPS) is 10.3. The molecule has 20 heavy (non-hydrogen) atoms. The number of nitrogens with one attached hydrogen (secondary N) is 1. The lowest BCUT2D eigenvalue weighted by Gasteiger charge is -2.13. The second-order valence-corrected chi connectivity index (χ2v) is 4.58. The summed E-state index contributed by atoms with van der Waals surface area (Å²) in [6.45, 7) is 4.21. The monoisotopic (exact) mass is 273 g/mol. The van der Waals surface area contributed by atoms with Crippen LogP contribution in [0.5, 0.6) is 5.75 Å². The van der Waals surface area contributed by atoms with E-state index >= 15 is 0 Å². The summed E-state index contributed by atoms with van der Waals surface area (Å²) in [5.41, 5.74) is 2.62. The summed E-state index contributed by atoms with van der Waals surface area (Å²) in [5, 5.41) is 6.96. The second-order valence-electron chi connectivity index (χ2n) is 4.58. The molecule has 1 N–H and O–H groups in total. The Labute approximate surface area is 118 Å². The van der Waals surface area contributed by atoms with Gasteiger partial charge in [0.05, 0.1) is 12.3 Å². The van der Waals surface area contributed by atoms with Gasteiger partial charge in [-0.05, 0) is 30.7 Å². The van der Waals surface area contributed by atoms with E-state index in [9.17, 15) is 4.79 Å². The molecular weight excluding hydrogens is 254 g/mol. The van der Waals surface area contributed by atoms with E-state index < -0.39 is 0 Å². The van der Waals surface area contributed by atoms with Crippen LogP contribution in [0.2, 0.25) is 0 Å². The lowest BCUT2D eigenvalue weighted by Crippen LogP contribution is -2.06. The molecule has 0 unspecified atom stereocenters. The van der Waals surface area contributed by atoms with Gasteiger partial charge in [-0.2, -0.15) is 5.10 Å². The first-order valence-electron chi connectivity index (χ1n) is 6.64. The molecule has 0 saturated heterocycles. The smallest absolute Gasteiger partial charge is 0.221 e. The predicted octanol–water partition coefficient (Wildman–Crippen LogP) is 2.83. The van der Waals surface area contributed by atoms with Crippen molar-refractivity contribution in [2.24, 2.45) is 7.05 Å². The van der Waals surface area contributed by atoms with Gasteiger partial charge in [0.1, 0.15) is 5.75 Å². The van der Waals surface area contributed by atoms with Crippen molar-refractivity contribution in [3.05, 3.63) is 30.5 Å². The Hall–Kier alpha value is -2.30. The quantitative estimate of drug-likeness (QED) is 0.911. The van der Waals surface area contributed by atoms with E-state index in [0.717, 1.165) is 29.1 Å². The lowest BCUT2D eigenvalue weighted by atomic mass is 10.1. The van der Waals surface area contributed by atoms with E-state index in [1.807, 2.05) is 31.3 Å². The molecule has 2 aromatic rings. The molecule has 1 aromatic heterocycles. The van der Waals surface area contributed by atoms with E-state index in [1.54, 1.807) is 10.9 Å². The molecule has 5 nitrogen and oxygen atoms in total. The molecule has 106 valence electrons. The Kier molecular flexibility index (Phi) is 4.40. The zero-order valence-corrected chi connectivity index (χ0v) is 12.0. The second kappa shape index (κ2) is 6.23. The lowest BCUT2D eigenvalue weighted by molar-refractivity contribution is -0.114. The number of aromatic nitrogens is 2. The summed E-state index contributed by atoms with van der Waals surface area (Å²) >= 11 is 0. The van der Waals surface area contributed by atoms with Crippen LogP contribution in [0.15, 0.2) is 30.5 Å². The third-order valence-corrected chi connectivity index (χ3v) is 2.86. The van der Waals surface area contributed by atoms with Crippen molar-refractivity contribution in [3.63, 3.8) is 0 Å². The first kappa shape index (κ1) is 14.1. The molecule has 1 heterocycles. The number of hydrogen-bond donors (Lipinski definition) is 1. The molecule has 0 saturated carbocycles. The van der Waals surface area contributed by atoms with E-state index in [4.69, 9.17) is 4.74 Å². The zero-order chi connectivity index (χ0) is 14.5. The number of hydrogen-bond acceptors (Lipinski definition) is 3. The van der Waals surface area contributed by atoms with Crippen molar-refractivity contribution >= 4 is 11.6 Å². The third-order valence-electron chi connectivity index (χ3n) is 2.86. The fraction of sp³-hybridized carbons (Fsp3) is 0.333. The minimum absolute atomic E-state index is 0.0943. The number of carbonyl (C=O) groups is 1. The van der Waals surface area contributed by atoms with E-state index in [-0.39, 0.29) is 5.91 Å². The first-order chi connectivity index (χ1) is 9.61. The SMILES string of the molecule is CCCOc1ccc(NC(C)=O)cc1-c1ccnn1C. The maximum atomic E-state index is 11.2. The zero-order valence-electron chi connectivity index (χ0n) is 12.0. The van der Waals surface area contributed by atoms with Crippen molar-refractivity contribution in [2.45, 2.75) is 20.3 Å². The average molecular weight is 273 g/mol. The van der Waals surface area contributed by atoms with Gasteiger partial charge in [-0.15, -0.1) is 0 Å². The molecule has 0 aliphatic carbocycles. The van der Waals surface area contributed by atoms with E-state index in [1.165, 1.54) is 6.92 Å². The van der Waals surface area contributed by atoms with Gasteiger partial charge in [-0.1, -0.05) is 6.92 Å². The minimum Gasteiger partial charge on any atom is -0.493 e. The Bertz CT molecular complexity index is 605. The standard InChI is InChI=1S/C15H19N3O2/c1-4-9-20-15-6-5-12(17-11(2)19)10-13(15)14-7-8-16-18(14)3/h5-8,10H,4,9H2,1-3H3,(H,17,19). The van der Waals surface area contributed by atoms with Crippen LogP contribution in [0.25, 0.3) is 11.3 Å². The number of rotatable bonds is 5. The van der Waals surface area contributed by atoms with Gasteiger partial charge in [0, 0.05) is 31.4 Å². The molecule has 1 amide bonds. The molecule has 0 atom stereocenters. The molecule has 0 bridgehead atoms. The van der Waals surface area contributed by atoms with Gasteiger partial charge >= 0.3 is 0 Å². The number of aryl methyl sites for hydroxylation is 1. The van der Waals surface area contributed by atoms with Crippen LogP contribution < -0.4 is 10.1 Å². The maximum Gasteiger partial charge on any atom is 0.221 e. The highest BCUT2D eigenvalue weighted by atomic mass is 16.5. The number of ether oxygens (including phenoxy) is 1. The average Bonchev–Trinajstić information content (AvgIpc) is 2.82. The van der Waals surface area contributed by atoms with Crippen molar-refractivity contribution in [1.82, 2.24) is 9.78 Å². The summed E-state index contributed by atoms with van der Waals surface area (Å²) in [6, 6.07) is 7.55. The summed E-state index contributed by atoms with van der Waals surface area (Å²) in [4.78, 5) is 11.2. The molecule has 0 aliphatic rings. The van der Waals surface area contributed by atoms with E-state index in [0.29, 0.717) is 6.61 Å². The van der Waals surface area contributed by atoms with Crippen molar-refractivity contribution in [3.8, 4) is 17.0 Å². The van der Waals surface area contributed by atoms with Gasteiger partial charge in [-0.25, -0.2) is 0 Å². The molecule has 0 radical (unpaired) electrons. The topological polar surface area (TPSA) is 56.1 Å². The van der Waals surface area contributed by atoms with Crippen LogP contribution in [-0.2, 0) is 11.8 Å². The van der Waals surface area contributed by atoms with Crippen molar-refractivity contribution < 1.29 is 9.53 Å². The molecule has 2 rings (SSSR count). The van der Waals surface area contributed by atoms with Gasteiger partial charge in [0.2, 0.25) is 5.91 Å². The number of benzene rings is 1. The highest BCUT2D eigenvalue weighted by Gasteiger charge is 2.11. The molecular formula is C15H19N3O2. The highest BCUT2D eigenvalue weighted by Crippen LogP contribution is 2.32. The maximum absolute atomic E-state index is 11.2. The number of anilines is 1. The summed E-state index contributed by atoms with van der Waals surface area (Å²) in [6.07, 6.45) is 2.68. The van der Waals surface area contributed by atoms with Crippen LogP contribution in [0.4, 0.5) is 5.69 Å². The third kappa shape index (κ3) is 3.17. The summed E-state index contributed by atoms with van der Waals surface area (Å²) < 4.78 is 7.55. The summed E-state index contributed by atoms with van der Waals surface area (Å²) in [7, 11) is 1.88. The minimum atomic E-state index is -0.0943. The van der Waals surface area contributed by atoms with Crippen LogP contribution in [0.3, 0.4) is 0 Å². The number of amides is 1. The molecule has 5 heteroatoms. The van der Waals surface area contributed by atoms with Gasteiger partial charge < -0.3 is 10.1 Å². The van der Waals surface area contributed by atoms with E-state index in [2.05, 4.69) is 17.3 Å². The van der Waals surface area contributed by atoms with Crippen LogP contribution in [-0.4, -0.2) is 22.3 Å². The molecule has 0 fully saturated rings. The van der Waals surface area contributed by atoms with Gasteiger partial charge in [0.15, 0.2) is 0 Å². The molecule has 1 aromatic carbocycles.